The van der Waals surface area contributed by atoms with Gasteiger partial charge in [-0.1, -0.05) is 6.42 Å². The third-order valence-corrected chi connectivity index (χ3v) is 3.47. The predicted molar refractivity (Wildman–Crippen MR) is 49.9 cm³/mol. The third-order valence-electron chi connectivity index (χ3n) is 3.47. The average molecular weight is 187 g/mol. The highest BCUT2D eigenvalue weighted by atomic mass is 35.5. The first-order chi connectivity index (χ1) is 5.24. The molecule has 68 valence electrons. The highest BCUT2D eigenvalue weighted by Gasteiger charge is 2.56. The molecule has 0 aromatic carbocycles. The molecule has 0 aromatic heterocycles. The van der Waals surface area contributed by atoms with Crippen molar-refractivity contribution in [1.82, 2.24) is 0 Å². The largest absolute Gasteiger partial charge is 0.329 e. The zero-order chi connectivity index (χ0) is 7.95. The molecular formula is C9H15ClN2. The lowest BCUT2D eigenvalue weighted by molar-refractivity contribution is -0.0589. The van der Waals surface area contributed by atoms with Crippen LogP contribution in [0.1, 0.15) is 32.1 Å². The highest BCUT2D eigenvalue weighted by Crippen LogP contribution is 2.63. The SMILES string of the molecule is Cl.N#CC1(CN)CC2(CCC2)C1. The second-order valence-corrected chi connectivity index (χ2v) is 4.30. The van der Waals surface area contributed by atoms with Gasteiger partial charge in [0, 0.05) is 6.54 Å². The molecule has 0 saturated heterocycles. The van der Waals surface area contributed by atoms with Crippen LogP contribution >= 0.6 is 12.4 Å². The summed E-state index contributed by atoms with van der Waals surface area (Å²) < 4.78 is 0. The minimum Gasteiger partial charge on any atom is -0.329 e. The van der Waals surface area contributed by atoms with Crippen LogP contribution in [0.2, 0.25) is 0 Å². The number of hydrogen-bond acceptors (Lipinski definition) is 2. The van der Waals surface area contributed by atoms with Crippen LogP contribution in [0.25, 0.3) is 0 Å². The van der Waals surface area contributed by atoms with E-state index in [1.807, 2.05) is 0 Å². The Morgan fingerprint density at radius 2 is 1.92 bits per heavy atom. The van der Waals surface area contributed by atoms with Gasteiger partial charge in [-0.25, -0.2) is 0 Å². The van der Waals surface area contributed by atoms with Crippen molar-refractivity contribution >= 4 is 12.4 Å². The summed E-state index contributed by atoms with van der Waals surface area (Å²) in [6.07, 6.45) is 6.21. The van der Waals surface area contributed by atoms with Crippen molar-refractivity contribution in [3.63, 3.8) is 0 Å². The smallest absolute Gasteiger partial charge is 0.0706 e. The number of hydrogen-bond donors (Lipinski definition) is 1. The molecule has 0 bridgehead atoms. The van der Waals surface area contributed by atoms with E-state index in [2.05, 4.69) is 6.07 Å². The van der Waals surface area contributed by atoms with Crippen LogP contribution in [0, 0.1) is 22.2 Å². The second-order valence-electron chi connectivity index (χ2n) is 4.30. The summed E-state index contributed by atoms with van der Waals surface area (Å²) in [5.41, 5.74) is 6.01. The number of nitrogens with zero attached hydrogens (tertiary/aromatic N) is 1. The van der Waals surface area contributed by atoms with Crippen LogP contribution in [0.3, 0.4) is 0 Å². The Labute approximate surface area is 79.5 Å². The van der Waals surface area contributed by atoms with Gasteiger partial charge in [-0.15, -0.1) is 12.4 Å². The van der Waals surface area contributed by atoms with Gasteiger partial charge in [0.25, 0.3) is 0 Å². The summed E-state index contributed by atoms with van der Waals surface area (Å²) in [5.74, 6) is 0. The zero-order valence-corrected chi connectivity index (χ0v) is 7.99. The Morgan fingerprint density at radius 1 is 1.33 bits per heavy atom. The standard InChI is InChI=1S/C9H14N2.ClH/c10-6-9(7-11)4-8(5-9)2-1-3-8;/h1-6,10H2;1H. The first kappa shape index (κ1) is 9.83. The minimum atomic E-state index is -0.125. The molecule has 2 aliphatic carbocycles. The quantitative estimate of drug-likeness (QED) is 0.680. The first-order valence-electron chi connectivity index (χ1n) is 4.36. The third kappa shape index (κ3) is 1.12. The van der Waals surface area contributed by atoms with Crippen LogP contribution in [0.5, 0.6) is 0 Å². The van der Waals surface area contributed by atoms with Crippen LogP contribution in [-0.2, 0) is 0 Å². The summed E-state index contributed by atoms with van der Waals surface area (Å²) in [6, 6.07) is 2.36. The fourth-order valence-corrected chi connectivity index (χ4v) is 2.68. The number of nitrogens with two attached hydrogens (primary N) is 1. The summed E-state index contributed by atoms with van der Waals surface area (Å²) in [7, 11) is 0. The molecule has 0 unspecified atom stereocenters. The van der Waals surface area contributed by atoms with Crippen molar-refractivity contribution in [1.29, 1.82) is 5.26 Å². The summed E-state index contributed by atoms with van der Waals surface area (Å²) in [4.78, 5) is 0. The average Bonchev–Trinajstić information content (AvgIpc) is 1.85. The molecule has 3 heteroatoms. The summed E-state index contributed by atoms with van der Waals surface area (Å²) >= 11 is 0. The van der Waals surface area contributed by atoms with E-state index < -0.39 is 0 Å². The first-order valence-corrected chi connectivity index (χ1v) is 4.36. The number of halogens is 1. The minimum absolute atomic E-state index is 0. The maximum absolute atomic E-state index is 8.86. The molecule has 0 amide bonds. The molecule has 2 aliphatic rings. The molecule has 0 atom stereocenters. The fraction of sp³-hybridized carbons (Fsp3) is 0.889. The molecule has 0 radical (unpaired) electrons. The Bertz CT molecular complexity index is 207. The second kappa shape index (κ2) is 2.90. The number of nitriles is 1. The van der Waals surface area contributed by atoms with E-state index in [-0.39, 0.29) is 17.8 Å². The molecule has 0 aliphatic heterocycles. The molecule has 12 heavy (non-hydrogen) atoms. The van der Waals surface area contributed by atoms with Gasteiger partial charge in [0.15, 0.2) is 0 Å². The molecule has 0 aromatic rings. The van der Waals surface area contributed by atoms with Crippen LogP contribution in [-0.4, -0.2) is 6.54 Å². The predicted octanol–water partition coefficient (Wildman–Crippen LogP) is 1.84. The van der Waals surface area contributed by atoms with Gasteiger partial charge in [0.05, 0.1) is 11.5 Å². The summed E-state index contributed by atoms with van der Waals surface area (Å²) in [6.45, 7) is 0.561. The van der Waals surface area contributed by atoms with Gasteiger partial charge in [0.1, 0.15) is 0 Å². The van der Waals surface area contributed by atoms with Crippen molar-refractivity contribution in [3.8, 4) is 6.07 Å². The van der Waals surface area contributed by atoms with E-state index in [4.69, 9.17) is 11.0 Å². The van der Waals surface area contributed by atoms with Crippen molar-refractivity contribution in [2.24, 2.45) is 16.6 Å². The molecule has 0 heterocycles. The van der Waals surface area contributed by atoms with Gasteiger partial charge in [-0.3, -0.25) is 0 Å². The Balaban J connectivity index is 0.000000720. The van der Waals surface area contributed by atoms with E-state index in [1.54, 1.807) is 0 Å². The van der Waals surface area contributed by atoms with Crippen LogP contribution in [0.4, 0.5) is 0 Å². The Kier molecular flexibility index (Phi) is 2.38. The van der Waals surface area contributed by atoms with Crippen LogP contribution < -0.4 is 5.73 Å². The maximum Gasteiger partial charge on any atom is 0.0706 e. The molecule has 1 spiro atoms. The summed E-state index contributed by atoms with van der Waals surface area (Å²) in [5, 5.41) is 8.86. The lowest BCUT2D eigenvalue weighted by Gasteiger charge is -2.58. The molecule has 2 N–H and O–H groups in total. The lowest BCUT2D eigenvalue weighted by atomic mass is 9.46. The molecule has 2 fully saturated rings. The van der Waals surface area contributed by atoms with E-state index in [9.17, 15) is 0 Å². The van der Waals surface area contributed by atoms with Crippen molar-refractivity contribution in [2.75, 3.05) is 6.54 Å². The maximum atomic E-state index is 8.86. The van der Waals surface area contributed by atoms with Gasteiger partial charge in [-0.05, 0) is 31.1 Å². The fourth-order valence-electron chi connectivity index (χ4n) is 2.68. The van der Waals surface area contributed by atoms with E-state index in [1.165, 1.54) is 19.3 Å². The van der Waals surface area contributed by atoms with Gasteiger partial charge in [-0.2, -0.15) is 5.26 Å². The van der Waals surface area contributed by atoms with E-state index >= 15 is 0 Å². The van der Waals surface area contributed by atoms with Gasteiger partial charge < -0.3 is 5.73 Å². The van der Waals surface area contributed by atoms with E-state index in [0.29, 0.717) is 12.0 Å². The molecule has 2 nitrogen and oxygen atoms in total. The Hall–Kier alpha value is -0.260. The number of rotatable bonds is 1. The van der Waals surface area contributed by atoms with E-state index in [0.717, 1.165) is 12.8 Å². The Morgan fingerprint density at radius 3 is 2.17 bits per heavy atom. The van der Waals surface area contributed by atoms with Crippen LogP contribution in [0.15, 0.2) is 0 Å². The zero-order valence-electron chi connectivity index (χ0n) is 7.18. The van der Waals surface area contributed by atoms with Crippen molar-refractivity contribution < 1.29 is 0 Å². The monoisotopic (exact) mass is 186 g/mol. The molecule has 2 saturated carbocycles. The highest BCUT2D eigenvalue weighted by molar-refractivity contribution is 5.85. The van der Waals surface area contributed by atoms with Crippen molar-refractivity contribution in [3.05, 3.63) is 0 Å². The molecule has 2 rings (SSSR count). The topological polar surface area (TPSA) is 49.8 Å². The van der Waals surface area contributed by atoms with Crippen molar-refractivity contribution in [2.45, 2.75) is 32.1 Å². The normalized spacial score (nSPS) is 27.7. The van der Waals surface area contributed by atoms with Gasteiger partial charge >= 0.3 is 0 Å². The van der Waals surface area contributed by atoms with Gasteiger partial charge in [0.2, 0.25) is 0 Å². The molecular weight excluding hydrogens is 172 g/mol. The lowest BCUT2D eigenvalue weighted by Crippen LogP contribution is -2.53.